The molecule has 0 amide bonds. The molecule has 0 radical (unpaired) electrons. The molecule has 0 aliphatic carbocycles. The Morgan fingerprint density at radius 2 is 2.12 bits per heavy atom. The maximum Gasteiger partial charge on any atom is 0.310 e. The minimum Gasteiger partial charge on any atom is -0.469 e. The van der Waals surface area contributed by atoms with Crippen LogP contribution in [-0.2, 0) is 9.53 Å². The highest BCUT2D eigenvalue weighted by molar-refractivity contribution is 5.75. The van der Waals surface area contributed by atoms with Crippen LogP contribution in [0.1, 0.15) is 30.7 Å². The molecule has 24 heavy (non-hydrogen) atoms. The maximum absolute atomic E-state index is 12.5. The third kappa shape index (κ3) is 2.46. The second kappa shape index (κ2) is 6.10. The van der Waals surface area contributed by atoms with E-state index in [0.29, 0.717) is 6.04 Å². The Morgan fingerprint density at radius 1 is 1.25 bits per heavy atom. The molecular weight excluding hydrogens is 302 g/mol. The van der Waals surface area contributed by atoms with Gasteiger partial charge in [0.2, 0.25) is 0 Å². The maximum atomic E-state index is 12.5. The van der Waals surface area contributed by atoms with E-state index in [2.05, 4.69) is 36.2 Å². The molecule has 0 N–H and O–H groups in total. The van der Waals surface area contributed by atoms with Crippen LogP contribution in [0.15, 0.2) is 47.1 Å². The lowest BCUT2D eigenvalue weighted by atomic mass is 9.76. The van der Waals surface area contributed by atoms with Gasteiger partial charge in [0.15, 0.2) is 0 Å². The first-order valence-corrected chi connectivity index (χ1v) is 8.62. The zero-order chi connectivity index (χ0) is 16.7. The van der Waals surface area contributed by atoms with Gasteiger partial charge in [-0.2, -0.15) is 0 Å². The lowest BCUT2D eigenvalue weighted by Gasteiger charge is -2.41. The number of methoxy groups -OCH3 is 1. The Balaban J connectivity index is 1.71. The average Bonchev–Trinajstić information content (AvgIpc) is 3.21. The molecule has 3 heterocycles. The van der Waals surface area contributed by atoms with Gasteiger partial charge in [-0.15, -0.1) is 0 Å². The van der Waals surface area contributed by atoms with E-state index >= 15 is 0 Å². The van der Waals surface area contributed by atoms with Crippen molar-refractivity contribution >= 4 is 5.97 Å². The number of nitrogens with zero attached hydrogens (tertiary/aromatic N) is 1. The summed E-state index contributed by atoms with van der Waals surface area (Å²) in [7, 11) is 3.65. The van der Waals surface area contributed by atoms with E-state index in [0.717, 1.165) is 24.2 Å². The Morgan fingerprint density at radius 3 is 2.88 bits per heavy atom. The number of fused-ring (bicyclic) bond motifs is 2. The summed E-state index contributed by atoms with van der Waals surface area (Å²) < 4.78 is 10.7. The monoisotopic (exact) mass is 325 g/mol. The molecular formula is C20H23NO3. The number of ether oxygens (including phenoxy) is 1. The topological polar surface area (TPSA) is 42.7 Å². The van der Waals surface area contributed by atoms with E-state index < -0.39 is 0 Å². The molecule has 1 aromatic heterocycles. The van der Waals surface area contributed by atoms with Crippen molar-refractivity contribution in [3.05, 3.63) is 48.2 Å². The van der Waals surface area contributed by atoms with E-state index in [4.69, 9.17) is 9.15 Å². The van der Waals surface area contributed by atoms with Crippen LogP contribution in [0.3, 0.4) is 0 Å². The highest BCUT2D eigenvalue weighted by Crippen LogP contribution is 2.47. The van der Waals surface area contributed by atoms with Gasteiger partial charge >= 0.3 is 5.97 Å². The Kier molecular flexibility index (Phi) is 3.93. The highest BCUT2D eigenvalue weighted by atomic mass is 16.5. The quantitative estimate of drug-likeness (QED) is 0.807. The van der Waals surface area contributed by atoms with E-state index in [1.807, 2.05) is 12.1 Å². The second-order valence-electron chi connectivity index (χ2n) is 6.96. The first-order valence-electron chi connectivity index (χ1n) is 8.62. The smallest absolute Gasteiger partial charge is 0.310 e. The number of piperidine rings is 1. The van der Waals surface area contributed by atoms with Crippen molar-refractivity contribution in [1.82, 2.24) is 4.90 Å². The number of hydrogen-bond acceptors (Lipinski definition) is 4. The van der Waals surface area contributed by atoms with Crippen LogP contribution in [-0.4, -0.2) is 37.1 Å². The number of benzene rings is 1. The summed E-state index contributed by atoms with van der Waals surface area (Å²) in [6, 6.07) is 13.1. The van der Waals surface area contributed by atoms with E-state index in [-0.39, 0.29) is 23.8 Å². The van der Waals surface area contributed by atoms with Gasteiger partial charge in [-0.25, -0.2) is 0 Å². The first-order chi connectivity index (χ1) is 11.7. The third-order valence-corrected chi connectivity index (χ3v) is 5.86. The predicted octanol–water partition coefficient (Wildman–Crippen LogP) is 3.69. The van der Waals surface area contributed by atoms with Gasteiger partial charge in [-0.3, -0.25) is 9.69 Å². The molecule has 126 valence electrons. The molecule has 1 aromatic carbocycles. The molecule has 0 saturated carbocycles. The summed E-state index contributed by atoms with van der Waals surface area (Å²) in [6.45, 7) is 0. The standard InChI is InChI=1S/C20H23NO3/c1-21-15-8-9-17(21)19(20(22)23-2)16(12-15)13-5-3-6-14(11-13)18-7-4-10-24-18/h3-7,10-11,15-17,19H,8-9,12H2,1-2H3. The van der Waals surface area contributed by atoms with E-state index in [1.54, 1.807) is 6.26 Å². The fraction of sp³-hybridized carbons (Fsp3) is 0.450. The summed E-state index contributed by atoms with van der Waals surface area (Å²) in [5.74, 6) is 0.898. The van der Waals surface area contributed by atoms with Crippen molar-refractivity contribution in [3.8, 4) is 11.3 Å². The molecule has 4 unspecified atom stereocenters. The lowest BCUT2D eigenvalue weighted by Crippen LogP contribution is -2.49. The van der Waals surface area contributed by atoms with Gasteiger partial charge < -0.3 is 9.15 Å². The SMILES string of the molecule is COC(=O)C1C(c2cccc(-c3ccco3)c2)CC2CCC1N2C. The van der Waals surface area contributed by atoms with Crippen LogP contribution in [0.2, 0.25) is 0 Å². The van der Waals surface area contributed by atoms with Crippen LogP contribution >= 0.6 is 0 Å². The van der Waals surface area contributed by atoms with Crippen molar-refractivity contribution in [2.45, 2.75) is 37.3 Å². The van der Waals surface area contributed by atoms with Crippen molar-refractivity contribution in [1.29, 1.82) is 0 Å². The number of esters is 1. The molecule has 4 nitrogen and oxygen atoms in total. The Labute approximate surface area is 142 Å². The van der Waals surface area contributed by atoms with Crippen LogP contribution < -0.4 is 0 Å². The van der Waals surface area contributed by atoms with Crippen LogP contribution in [0.5, 0.6) is 0 Å². The summed E-state index contributed by atoms with van der Waals surface area (Å²) >= 11 is 0. The normalized spacial score (nSPS) is 29.6. The molecule has 2 bridgehead atoms. The second-order valence-corrected chi connectivity index (χ2v) is 6.96. The van der Waals surface area contributed by atoms with Gasteiger partial charge in [0.25, 0.3) is 0 Å². The van der Waals surface area contributed by atoms with Gasteiger partial charge in [0, 0.05) is 23.6 Å². The number of carbonyl (C=O) groups excluding carboxylic acids is 1. The number of furan rings is 1. The van der Waals surface area contributed by atoms with Crippen molar-refractivity contribution < 1.29 is 13.9 Å². The lowest BCUT2D eigenvalue weighted by molar-refractivity contribution is -0.150. The molecule has 0 spiro atoms. The molecule has 2 fully saturated rings. The summed E-state index contributed by atoms with van der Waals surface area (Å²) in [5.41, 5.74) is 2.27. The fourth-order valence-electron chi connectivity index (χ4n) is 4.63. The highest BCUT2D eigenvalue weighted by Gasteiger charge is 2.49. The van der Waals surface area contributed by atoms with Crippen molar-refractivity contribution in [3.63, 3.8) is 0 Å². The Hall–Kier alpha value is -2.07. The van der Waals surface area contributed by atoms with Crippen molar-refractivity contribution in [2.24, 2.45) is 5.92 Å². The van der Waals surface area contributed by atoms with Gasteiger partial charge in [0.1, 0.15) is 5.76 Å². The average molecular weight is 325 g/mol. The summed E-state index contributed by atoms with van der Waals surface area (Å²) in [4.78, 5) is 14.9. The van der Waals surface area contributed by atoms with Crippen molar-refractivity contribution in [2.75, 3.05) is 14.2 Å². The van der Waals surface area contributed by atoms with E-state index in [9.17, 15) is 4.79 Å². The molecule has 4 rings (SSSR count). The van der Waals surface area contributed by atoms with Crippen LogP contribution in [0.25, 0.3) is 11.3 Å². The molecule has 2 aromatic rings. The van der Waals surface area contributed by atoms with Gasteiger partial charge in [0.05, 0.1) is 19.3 Å². The number of rotatable bonds is 3. The summed E-state index contributed by atoms with van der Waals surface area (Å²) in [5, 5.41) is 0. The molecule has 2 saturated heterocycles. The predicted molar refractivity (Wildman–Crippen MR) is 91.6 cm³/mol. The van der Waals surface area contributed by atoms with Crippen LogP contribution in [0.4, 0.5) is 0 Å². The van der Waals surface area contributed by atoms with E-state index in [1.165, 1.54) is 19.1 Å². The van der Waals surface area contributed by atoms with Gasteiger partial charge in [-0.1, -0.05) is 18.2 Å². The van der Waals surface area contributed by atoms with Crippen LogP contribution in [0, 0.1) is 5.92 Å². The zero-order valence-electron chi connectivity index (χ0n) is 14.1. The number of hydrogen-bond donors (Lipinski definition) is 0. The first kappa shape index (κ1) is 15.5. The van der Waals surface area contributed by atoms with Gasteiger partial charge in [-0.05, 0) is 50.1 Å². The minimum atomic E-state index is -0.0920. The number of carbonyl (C=O) groups is 1. The molecule has 2 aliphatic heterocycles. The molecule has 4 atom stereocenters. The largest absolute Gasteiger partial charge is 0.469 e. The fourth-order valence-corrected chi connectivity index (χ4v) is 4.63. The summed E-state index contributed by atoms with van der Waals surface area (Å²) in [6.07, 6.45) is 4.95. The minimum absolute atomic E-state index is 0.0828. The molecule has 4 heteroatoms. The third-order valence-electron chi connectivity index (χ3n) is 5.86. The molecule has 2 aliphatic rings. The zero-order valence-corrected chi connectivity index (χ0v) is 14.1. The Bertz CT molecular complexity index is 724.